The fraction of sp³-hybridized carbons (Fsp3) is 1.00. The molecule has 98 valence electrons. The predicted octanol–water partition coefficient (Wildman–Crippen LogP) is -6.06. The van der Waals surface area contributed by atoms with Crippen LogP contribution in [0.5, 0.6) is 0 Å². The van der Waals surface area contributed by atoms with Crippen LogP contribution in [0.4, 0.5) is 0 Å². The van der Waals surface area contributed by atoms with E-state index in [0.717, 1.165) is 0 Å². The molecule has 15 heavy (non-hydrogen) atoms. The molecule has 0 fully saturated rings. The van der Waals surface area contributed by atoms with Crippen LogP contribution in [-0.4, -0.2) is 84.7 Å². The van der Waals surface area contributed by atoms with E-state index in [1.165, 1.54) is 0 Å². The predicted molar refractivity (Wildman–Crippen MR) is 49.0 cm³/mol. The van der Waals surface area contributed by atoms with Crippen molar-refractivity contribution < 1.29 is 47.1 Å². The second-order valence-electron chi connectivity index (χ2n) is 2.48. The number of rotatable bonds is 5. The van der Waals surface area contributed by atoms with Gasteiger partial charge in [-0.25, -0.2) is 0 Å². The number of hydrogen-bond acceptors (Lipinski definition) is 6. The molecule has 0 aromatic heterocycles. The zero-order chi connectivity index (χ0) is 9.72. The van der Waals surface area contributed by atoms with Crippen molar-refractivity contribution in [1.82, 2.24) is 0 Å². The molecule has 0 bridgehead atoms. The van der Waals surface area contributed by atoms with Crippen molar-refractivity contribution in [2.45, 2.75) is 24.4 Å². The van der Waals surface area contributed by atoms with Gasteiger partial charge >= 0.3 is 0 Å². The second-order valence-corrected chi connectivity index (χ2v) is 2.48. The molecule has 4 atom stereocenters. The van der Waals surface area contributed by atoms with Gasteiger partial charge in [0, 0.05) is 0 Å². The average Bonchev–Trinajstić information content (AvgIpc) is 2.12. The minimum Gasteiger partial charge on any atom is -0.412 e. The lowest BCUT2D eigenvalue weighted by molar-refractivity contribution is -0.123. The smallest absolute Gasteiger partial charge is 0.111 e. The number of aliphatic hydroxyl groups is 6. The normalized spacial score (nSPS) is 17.2. The van der Waals surface area contributed by atoms with E-state index < -0.39 is 37.6 Å². The van der Waals surface area contributed by atoms with Gasteiger partial charge in [-0.1, -0.05) is 0 Å². The fourth-order valence-electron chi connectivity index (χ4n) is 0.671. The first kappa shape index (κ1) is 24.1. The molecule has 0 spiro atoms. The third-order valence-electron chi connectivity index (χ3n) is 1.51. The van der Waals surface area contributed by atoms with Crippen LogP contribution >= 0.6 is 0 Å². The molecule has 0 aromatic carbocycles. The van der Waals surface area contributed by atoms with Crippen molar-refractivity contribution in [3.8, 4) is 0 Å². The Morgan fingerprint density at radius 2 is 0.800 bits per heavy atom. The highest BCUT2D eigenvalue weighted by molar-refractivity contribution is 4.79. The Hall–Kier alpha value is -0.360. The first-order valence-corrected chi connectivity index (χ1v) is 3.48. The van der Waals surface area contributed by atoms with Gasteiger partial charge in [0.25, 0.3) is 0 Å². The molecule has 0 aromatic rings. The van der Waals surface area contributed by atoms with Crippen LogP contribution < -0.4 is 0 Å². The summed E-state index contributed by atoms with van der Waals surface area (Å²) in [6.45, 7) is -1.45. The van der Waals surface area contributed by atoms with Gasteiger partial charge in [0.05, 0.1) is 13.2 Å². The van der Waals surface area contributed by atoms with Crippen molar-refractivity contribution in [2.24, 2.45) is 0 Å². The molecule has 12 N–H and O–H groups in total. The monoisotopic (exact) mass is 236 g/mol. The van der Waals surface area contributed by atoms with Crippen LogP contribution in [0.1, 0.15) is 0 Å². The van der Waals surface area contributed by atoms with E-state index in [0.29, 0.717) is 0 Å². The summed E-state index contributed by atoms with van der Waals surface area (Å²) in [6.07, 6.45) is -6.39. The molecule has 0 radical (unpaired) electrons. The molecule has 0 aliphatic carbocycles. The lowest BCUT2D eigenvalue weighted by atomic mass is 10.0. The van der Waals surface area contributed by atoms with Crippen molar-refractivity contribution in [2.75, 3.05) is 13.2 Å². The lowest BCUT2D eigenvalue weighted by Crippen LogP contribution is -2.46. The van der Waals surface area contributed by atoms with Crippen molar-refractivity contribution in [3.05, 3.63) is 0 Å². The van der Waals surface area contributed by atoms with Crippen LogP contribution in [0.2, 0.25) is 0 Å². The van der Waals surface area contributed by atoms with Crippen LogP contribution in [0.25, 0.3) is 0 Å². The van der Waals surface area contributed by atoms with Gasteiger partial charge < -0.3 is 47.1 Å². The Morgan fingerprint density at radius 3 is 0.933 bits per heavy atom. The molecule has 0 aliphatic rings. The van der Waals surface area contributed by atoms with Gasteiger partial charge in [0.2, 0.25) is 0 Å². The Morgan fingerprint density at radius 1 is 0.600 bits per heavy atom. The molecule has 0 rings (SSSR count). The van der Waals surface area contributed by atoms with Crippen LogP contribution in [0, 0.1) is 0 Å². The van der Waals surface area contributed by atoms with E-state index in [1.54, 1.807) is 0 Å². The zero-order valence-corrected chi connectivity index (χ0v) is 7.91. The Kier molecular flexibility index (Phi) is 18.8. The molecule has 0 aliphatic heterocycles. The quantitative estimate of drug-likeness (QED) is 0.272. The summed E-state index contributed by atoms with van der Waals surface area (Å²) < 4.78 is 0. The molecule has 0 saturated heterocycles. The Bertz CT molecular complexity index is 107. The highest BCUT2D eigenvalue weighted by Crippen LogP contribution is 2.03. The van der Waals surface area contributed by atoms with Gasteiger partial charge in [-0.05, 0) is 0 Å². The van der Waals surface area contributed by atoms with Crippen LogP contribution in [0.3, 0.4) is 0 Å². The van der Waals surface area contributed by atoms with Crippen LogP contribution in [-0.2, 0) is 0 Å². The second kappa shape index (κ2) is 11.7. The molecule has 9 nitrogen and oxygen atoms in total. The summed E-state index contributed by atoms with van der Waals surface area (Å²) in [6, 6.07) is 0. The van der Waals surface area contributed by atoms with Gasteiger partial charge in [-0.15, -0.1) is 0 Å². The first-order chi connectivity index (χ1) is 5.54. The number of hydrogen-bond donors (Lipinski definition) is 6. The highest BCUT2D eigenvalue weighted by atomic mass is 16.4. The minimum absolute atomic E-state index is 0. The van der Waals surface area contributed by atoms with Crippen molar-refractivity contribution >= 4 is 0 Å². The molecule has 0 saturated carbocycles. The van der Waals surface area contributed by atoms with E-state index in [-0.39, 0.29) is 16.4 Å². The topological polar surface area (TPSA) is 216 Å². The average molecular weight is 236 g/mol. The maximum absolute atomic E-state index is 8.96. The van der Waals surface area contributed by atoms with E-state index in [1.807, 2.05) is 0 Å². The molecular formula is C6H20O9. The SMILES string of the molecule is O.O.O.OC[C@@H](O)[C@@H](O)[C@H](O)[C@H](O)CO. The van der Waals surface area contributed by atoms with Crippen molar-refractivity contribution in [3.63, 3.8) is 0 Å². The van der Waals surface area contributed by atoms with E-state index in [2.05, 4.69) is 0 Å². The molecule has 9 heteroatoms. The third-order valence-corrected chi connectivity index (χ3v) is 1.51. The summed E-state index contributed by atoms with van der Waals surface area (Å²) in [5.74, 6) is 0. The summed E-state index contributed by atoms with van der Waals surface area (Å²) in [4.78, 5) is 0. The Labute approximate surface area is 85.8 Å². The van der Waals surface area contributed by atoms with Crippen LogP contribution in [0.15, 0.2) is 0 Å². The fourth-order valence-corrected chi connectivity index (χ4v) is 0.671. The maximum atomic E-state index is 8.96. The van der Waals surface area contributed by atoms with E-state index in [4.69, 9.17) is 30.6 Å². The molecule has 0 heterocycles. The van der Waals surface area contributed by atoms with Gasteiger partial charge in [0.15, 0.2) is 0 Å². The standard InChI is InChI=1S/C6H14O6.3H2O/c7-1-3(9)5(11)6(12)4(10)2-8;;;/h3-12H,1-2H2;3*1H2/t3-,4-,5-,6-;;;/m1.../s1. The summed E-state index contributed by atoms with van der Waals surface area (Å²) >= 11 is 0. The van der Waals surface area contributed by atoms with E-state index in [9.17, 15) is 0 Å². The summed E-state index contributed by atoms with van der Waals surface area (Å²) in [5.41, 5.74) is 0. The summed E-state index contributed by atoms with van der Waals surface area (Å²) in [7, 11) is 0. The largest absolute Gasteiger partial charge is 0.412 e. The molecule has 0 amide bonds. The van der Waals surface area contributed by atoms with Gasteiger partial charge in [-0.3, -0.25) is 0 Å². The third kappa shape index (κ3) is 7.56. The lowest BCUT2D eigenvalue weighted by Gasteiger charge is -2.24. The highest BCUT2D eigenvalue weighted by Gasteiger charge is 2.29. The molecular weight excluding hydrogens is 216 g/mol. The van der Waals surface area contributed by atoms with Gasteiger partial charge in [0.1, 0.15) is 24.4 Å². The van der Waals surface area contributed by atoms with E-state index >= 15 is 0 Å². The van der Waals surface area contributed by atoms with Crippen molar-refractivity contribution in [1.29, 1.82) is 0 Å². The maximum Gasteiger partial charge on any atom is 0.111 e. The minimum atomic E-state index is -1.67. The van der Waals surface area contributed by atoms with Gasteiger partial charge in [-0.2, -0.15) is 0 Å². The zero-order valence-electron chi connectivity index (χ0n) is 7.91. The first-order valence-electron chi connectivity index (χ1n) is 3.48. The summed E-state index contributed by atoms with van der Waals surface area (Å²) in [5, 5.41) is 52.2. The Balaban J connectivity index is -0.000000202. The molecule has 0 unspecified atom stereocenters. The number of aliphatic hydroxyl groups excluding tert-OH is 6.